The number of aliphatic hydroxyl groups is 1. The number of ether oxygens (including phenoxy) is 1. The van der Waals surface area contributed by atoms with Gasteiger partial charge in [-0.3, -0.25) is 4.79 Å². The summed E-state index contributed by atoms with van der Waals surface area (Å²) >= 11 is 0. The van der Waals surface area contributed by atoms with Crippen LogP contribution in [-0.2, 0) is 11.3 Å². The van der Waals surface area contributed by atoms with Crippen molar-refractivity contribution in [2.75, 3.05) is 44.4 Å². The molecule has 0 saturated carbocycles. The number of hydrogen-bond donors (Lipinski definition) is 2. The van der Waals surface area contributed by atoms with Gasteiger partial charge in [-0.15, -0.1) is 0 Å². The van der Waals surface area contributed by atoms with Crippen molar-refractivity contribution in [1.82, 2.24) is 14.9 Å². The van der Waals surface area contributed by atoms with Crippen LogP contribution in [0.4, 0.5) is 5.69 Å². The van der Waals surface area contributed by atoms with Crippen LogP contribution in [-0.4, -0.2) is 65.3 Å². The van der Waals surface area contributed by atoms with Crippen LogP contribution in [0.15, 0.2) is 30.5 Å². The van der Waals surface area contributed by atoms with Crippen LogP contribution in [0.1, 0.15) is 21.9 Å². The maximum Gasteiger partial charge on any atom is 0.256 e. The highest BCUT2D eigenvalue weighted by atomic mass is 16.5. The number of aromatic nitrogens is 2. The molecular formula is C18H24N4O3. The van der Waals surface area contributed by atoms with Crippen LogP contribution in [0.3, 0.4) is 0 Å². The molecule has 1 aliphatic heterocycles. The second kappa shape index (κ2) is 8.13. The first-order valence-corrected chi connectivity index (χ1v) is 8.51. The van der Waals surface area contributed by atoms with Crippen molar-refractivity contribution in [3.8, 4) is 0 Å². The summed E-state index contributed by atoms with van der Waals surface area (Å²) in [5, 5.41) is 9.39. The zero-order valence-corrected chi connectivity index (χ0v) is 14.4. The predicted molar refractivity (Wildman–Crippen MR) is 94.6 cm³/mol. The number of morpholine rings is 1. The molecule has 3 rings (SSSR count). The van der Waals surface area contributed by atoms with E-state index in [4.69, 9.17) is 4.74 Å². The van der Waals surface area contributed by atoms with Crippen molar-refractivity contribution in [1.29, 1.82) is 0 Å². The number of amides is 1. The van der Waals surface area contributed by atoms with Crippen LogP contribution in [0.25, 0.3) is 0 Å². The van der Waals surface area contributed by atoms with E-state index in [1.165, 1.54) is 0 Å². The number of hydrogen-bond acceptors (Lipinski definition) is 5. The van der Waals surface area contributed by atoms with Gasteiger partial charge in [0.2, 0.25) is 0 Å². The van der Waals surface area contributed by atoms with Crippen molar-refractivity contribution < 1.29 is 14.6 Å². The summed E-state index contributed by atoms with van der Waals surface area (Å²) in [5.74, 6) is 0.712. The van der Waals surface area contributed by atoms with E-state index in [-0.39, 0.29) is 19.1 Å². The topological polar surface area (TPSA) is 81.7 Å². The van der Waals surface area contributed by atoms with E-state index in [1.807, 2.05) is 31.2 Å². The van der Waals surface area contributed by atoms with Gasteiger partial charge in [0.05, 0.1) is 43.8 Å². The van der Waals surface area contributed by atoms with Crippen LogP contribution >= 0.6 is 0 Å². The summed E-state index contributed by atoms with van der Waals surface area (Å²) in [5.41, 5.74) is 2.41. The number of carbonyl (C=O) groups is 1. The molecule has 1 aliphatic rings. The van der Waals surface area contributed by atoms with Gasteiger partial charge in [-0.2, -0.15) is 0 Å². The van der Waals surface area contributed by atoms with E-state index in [9.17, 15) is 9.90 Å². The number of aromatic amines is 1. The number of benzene rings is 1. The van der Waals surface area contributed by atoms with Gasteiger partial charge in [0.1, 0.15) is 5.82 Å². The van der Waals surface area contributed by atoms with E-state index in [1.54, 1.807) is 11.1 Å². The molecule has 2 N–H and O–H groups in total. The van der Waals surface area contributed by atoms with Crippen LogP contribution in [0.5, 0.6) is 0 Å². The number of nitrogens with one attached hydrogen (secondary N) is 1. The quantitative estimate of drug-likeness (QED) is 0.823. The lowest BCUT2D eigenvalue weighted by molar-refractivity contribution is 0.0705. The van der Waals surface area contributed by atoms with Crippen molar-refractivity contribution in [3.63, 3.8) is 0 Å². The number of imidazole rings is 1. The Kier molecular flexibility index (Phi) is 5.67. The minimum absolute atomic E-state index is 0.0847. The standard InChI is InChI=1S/C18H24N4O3/c1-14-19-12-15(20-14)13-22(6-9-23)18(24)16-4-2-3-5-17(16)21-7-10-25-11-8-21/h2-5,12,23H,6-11,13H2,1H3,(H,19,20). The molecule has 134 valence electrons. The summed E-state index contributed by atoms with van der Waals surface area (Å²) in [7, 11) is 0. The highest BCUT2D eigenvalue weighted by Crippen LogP contribution is 2.23. The van der Waals surface area contributed by atoms with E-state index in [0.717, 1.165) is 30.3 Å². The Morgan fingerprint density at radius 1 is 1.36 bits per heavy atom. The normalized spacial score (nSPS) is 14.6. The van der Waals surface area contributed by atoms with Gasteiger partial charge in [0, 0.05) is 25.3 Å². The average Bonchev–Trinajstić information content (AvgIpc) is 3.06. The minimum Gasteiger partial charge on any atom is -0.395 e. The van der Waals surface area contributed by atoms with E-state index in [2.05, 4.69) is 14.9 Å². The summed E-state index contributed by atoms with van der Waals surface area (Å²) in [6, 6.07) is 7.62. The SMILES string of the molecule is Cc1ncc(CN(CCO)C(=O)c2ccccc2N2CCOCC2)[nH]1. The maximum absolute atomic E-state index is 13.1. The summed E-state index contributed by atoms with van der Waals surface area (Å²) < 4.78 is 5.41. The molecule has 1 saturated heterocycles. The Morgan fingerprint density at radius 2 is 2.12 bits per heavy atom. The van der Waals surface area contributed by atoms with Crippen LogP contribution < -0.4 is 4.90 Å². The molecule has 7 heteroatoms. The van der Waals surface area contributed by atoms with Gasteiger partial charge in [0.15, 0.2) is 0 Å². The molecule has 0 unspecified atom stereocenters. The average molecular weight is 344 g/mol. The van der Waals surface area contributed by atoms with Gasteiger partial charge in [-0.05, 0) is 19.1 Å². The first-order valence-electron chi connectivity index (χ1n) is 8.51. The van der Waals surface area contributed by atoms with Gasteiger partial charge in [0.25, 0.3) is 5.91 Å². The third-order valence-corrected chi connectivity index (χ3v) is 4.26. The fraction of sp³-hybridized carbons (Fsp3) is 0.444. The number of nitrogens with zero attached hydrogens (tertiary/aromatic N) is 3. The molecule has 0 atom stereocenters. The smallest absolute Gasteiger partial charge is 0.256 e. The number of aliphatic hydroxyl groups excluding tert-OH is 1. The first-order chi connectivity index (χ1) is 12.2. The highest BCUT2D eigenvalue weighted by Gasteiger charge is 2.22. The maximum atomic E-state index is 13.1. The van der Waals surface area contributed by atoms with Gasteiger partial charge >= 0.3 is 0 Å². The zero-order chi connectivity index (χ0) is 17.6. The van der Waals surface area contributed by atoms with Gasteiger partial charge < -0.3 is 24.6 Å². The fourth-order valence-electron chi connectivity index (χ4n) is 3.04. The number of para-hydroxylation sites is 1. The largest absolute Gasteiger partial charge is 0.395 e. The minimum atomic E-state index is -0.0941. The number of carbonyl (C=O) groups excluding carboxylic acids is 1. The Bertz CT molecular complexity index is 710. The molecule has 1 amide bonds. The van der Waals surface area contributed by atoms with Crippen molar-refractivity contribution in [3.05, 3.63) is 47.5 Å². The van der Waals surface area contributed by atoms with Gasteiger partial charge in [-0.1, -0.05) is 12.1 Å². The molecule has 0 radical (unpaired) electrons. The molecule has 1 aromatic carbocycles. The molecule has 0 aliphatic carbocycles. The van der Waals surface area contributed by atoms with Crippen LogP contribution in [0, 0.1) is 6.92 Å². The highest BCUT2D eigenvalue weighted by molar-refractivity contribution is 5.99. The Hall–Kier alpha value is -2.38. The lowest BCUT2D eigenvalue weighted by Crippen LogP contribution is -2.39. The Morgan fingerprint density at radius 3 is 2.80 bits per heavy atom. The lowest BCUT2D eigenvalue weighted by Gasteiger charge is -2.31. The predicted octanol–water partition coefficient (Wildman–Crippen LogP) is 1.19. The van der Waals surface area contributed by atoms with Crippen molar-refractivity contribution >= 4 is 11.6 Å². The summed E-state index contributed by atoms with van der Waals surface area (Å²) in [6.07, 6.45) is 1.72. The number of aryl methyl sites for hydroxylation is 1. The fourth-order valence-corrected chi connectivity index (χ4v) is 3.04. The number of rotatable bonds is 6. The van der Waals surface area contributed by atoms with Crippen molar-refractivity contribution in [2.24, 2.45) is 0 Å². The molecule has 1 aromatic heterocycles. The second-order valence-electron chi connectivity index (χ2n) is 6.06. The molecule has 2 aromatic rings. The van der Waals surface area contributed by atoms with E-state index >= 15 is 0 Å². The molecule has 2 heterocycles. The molecular weight excluding hydrogens is 320 g/mol. The van der Waals surface area contributed by atoms with Crippen LogP contribution in [0.2, 0.25) is 0 Å². The third-order valence-electron chi connectivity index (χ3n) is 4.26. The summed E-state index contributed by atoms with van der Waals surface area (Å²) in [4.78, 5) is 24.3. The molecule has 0 bridgehead atoms. The first kappa shape index (κ1) is 17.4. The van der Waals surface area contributed by atoms with Gasteiger partial charge in [-0.25, -0.2) is 4.98 Å². The Balaban J connectivity index is 1.83. The lowest BCUT2D eigenvalue weighted by atomic mass is 10.1. The zero-order valence-electron chi connectivity index (χ0n) is 14.4. The number of anilines is 1. The second-order valence-corrected chi connectivity index (χ2v) is 6.06. The van der Waals surface area contributed by atoms with E-state index < -0.39 is 0 Å². The molecule has 25 heavy (non-hydrogen) atoms. The Labute approximate surface area is 147 Å². The molecule has 7 nitrogen and oxygen atoms in total. The molecule has 1 fully saturated rings. The molecule has 0 spiro atoms. The van der Waals surface area contributed by atoms with E-state index in [0.29, 0.717) is 25.3 Å². The monoisotopic (exact) mass is 344 g/mol. The van der Waals surface area contributed by atoms with Crippen molar-refractivity contribution in [2.45, 2.75) is 13.5 Å². The number of H-pyrrole nitrogens is 1. The summed E-state index contributed by atoms with van der Waals surface area (Å²) in [6.45, 7) is 5.31. The third kappa shape index (κ3) is 4.18.